The number of hydrogen-bond donors (Lipinski definition) is 0. The average molecular weight is 360 g/mol. The largest absolute Gasteiger partial charge is 0.337 e. The van der Waals surface area contributed by atoms with E-state index in [1.165, 1.54) is 0 Å². The summed E-state index contributed by atoms with van der Waals surface area (Å²) in [6.07, 6.45) is 4.21. The van der Waals surface area contributed by atoms with Gasteiger partial charge in [0.1, 0.15) is 0 Å². The zero-order valence-corrected chi connectivity index (χ0v) is 14.8. The third kappa shape index (κ3) is 6.23. The number of thioether (sulfide) groups is 1. The van der Waals surface area contributed by atoms with Crippen LogP contribution in [0.5, 0.6) is 0 Å². The van der Waals surface area contributed by atoms with E-state index < -0.39 is 0 Å². The molecule has 0 spiro atoms. The van der Waals surface area contributed by atoms with Crippen molar-refractivity contribution in [2.45, 2.75) is 24.3 Å². The van der Waals surface area contributed by atoms with Crippen LogP contribution >= 0.6 is 23.4 Å². The smallest absolute Gasteiger partial charge is 0.223 e. The number of aromatic nitrogens is 1. The molecule has 0 unspecified atom stereocenters. The lowest BCUT2D eigenvalue weighted by atomic mass is 10.2. The molecular formula is C18H18ClN3OS. The number of nitrogens with zero attached hydrogens (tertiary/aromatic N) is 3. The molecule has 0 saturated carbocycles. The van der Waals surface area contributed by atoms with Crippen LogP contribution in [0.2, 0.25) is 5.02 Å². The normalized spacial score (nSPS) is 10.2. The third-order valence-electron chi connectivity index (χ3n) is 3.34. The molecule has 0 saturated heterocycles. The van der Waals surface area contributed by atoms with Crippen LogP contribution in [0.15, 0.2) is 53.7 Å². The second kappa shape index (κ2) is 9.96. The highest BCUT2D eigenvalue weighted by atomic mass is 35.5. The molecule has 1 heterocycles. The lowest BCUT2D eigenvalue weighted by Crippen LogP contribution is -2.31. The van der Waals surface area contributed by atoms with Crippen LogP contribution in [-0.2, 0) is 11.3 Å². The van der Waals surface area contributed by atoms with Gasteiger partial charge in [0.05, 0.1) is 12.5 Å². The molecule has 4 nitrogen and oxygen atoms in total. The average Bonchev–Trinajstić information content (AvgIpc) is 2.61. The van der Waals surface area contributed by atoms with Crippen LogP contribution in [0.3, 0.4) is 0 Å². The fraction of sp³-hybridized carbons (Fsp3) is 0.278. The quantitative estimate of drug-likeness (QED) is 0.664. The summed E-state index contributed by atoms with van der Waals surface area (Å²) in [6.45, 7) is 0.926. The van der Waals surface area contributed by atoms with Crippen molar-refractivity contribution >= 4 is 29.3 Å². The number of carbonyl (C=O) groups excluding carboxylic acids is 1. The third-order valence-corrected chi connectivity index (χ3v) is 4.61. The van der Waals surface area contributed by atoms with Gasteiger partial charge in [0.2, 0.25) is 5.91 Å². The second-order valence-corrected chi connectivity index (χ2v) is 6.74. The molecule has 0 N–H and O–H groups in total. The van der Waals surface area contributed by atoms with Gasteiger partial charge in [0, 0.05) is 47.6 Å². The van der Waals surface area contributed by atoms with Crippen molar-refractivity contribution in [3.63, 3.8) is 0 Å². The number of halogens is 1. The summed E-state index contributed by atoms with van der Waals surface area (Å²) < 4.78 is 0. The minimum atomic E-state index is 0.0515. The van der Waals surface area contributed by atoms with E-state index in [1.54, 1.807) is 29.1 Å². The molecule has 0 aliphatic carbocycles. The molecule has 0 aliphatic rings. The minimum Gasteiger partial charge on any atom is -0.337 e. The summed E-state index contributed by atoms with van der Waals surface area (Å²) in [5.74, 6) is 0.742. The summed E-state index contributed by atoms with van der Waals surface area (Å²) in [7, 11) is 0. The van der Waals surface area contributed by atoms with Crippen molar-refractivity contribution in [1.82, 2.24) is 9.88 Å². The number of amides is 1. The Kier molecular flexibility index (Phi) is 7.60. The first-order valence-corrected chi connectivity index (χ1v) is 8.97. The highest BCUT2D eigenvalue weighted by Gasteiger charge is 2.13. The maximum absolute atomic E-state index is 12.5. The van der Waals surface area contributed by atoms with E-state index in [0.29, 0.717) is 36.7 Å². The Morgan fingerprint density at radius 1 is 1.29 bits per heavy atom. The van der Waals surface area contributed by atoms with Gasteiger partial charge in [-0.15, -0.1) is 11.8 Å². The Morgan fingerprint density at radius 2 is 2.08 bits per heavy atom. The van der Waals surface area contributed by atoms with Crippen LogP contribution in [0, 0.1) is 11.3 Å². The van der Waals surface area contributed by atoms with Gasteiger partial charge in [0.25, 0.3) is 0 Å². The molecular weight excluding hydrogens is 342 g/mol. The standard InChI is InChI=1S/C18H18ClN3OS/c19-16-4-6-17(7-5-16)24-12-8-18(23)22(11-2-9-20)14-15-3-1-10-21-13-15/h1,3-7,10,13H,2,8,11-12,14H2. The van der Waals surface area contributed by atoms with Crippen molar-refractivity contribution in [3.8, 4) is 6.07 Å². The number of benzene rings is 1. The Hall–Kier alpha value is -2.03. The van der Waals surface area contributed by atoms with Crippen molar-refractivity contribution in [2.24, 2.45) is 0 Å². The molecule has 2 aromatic rings. The molecule has 6 heteroatoms. The van der Waals surface area contributed by atoms with E-state index in [-0.39, 0.29) is 5.91 Å². The highest BCUT2D eigenvalue weighted by molar-refractivity contribution is 7.99. The second-order valence-electron chi connectivity index (χ2n) is 5.14. The van der Waals surface area contributed by atoms with Crippen LogP contribution in [0.4, 0.5) is 0 Å². The van der Waals surface area contributed by atoms with E-state index in [9.17, 15) is 4.79 Å². The minimum absolute atomic E-state index is 0.0515. The highest BCUT2D eigenvalue weighted by Crippen LogP contribution is 2.21. The van der Waals surface area contributed by atoms with E-state index in [1.807, 2.05) is 36.4 Å². The first-order valence-electron chi connectivity index (χ1n) is 7.61. The van der Waals surface area contributed by atoms with Gasteiger partial charge in [0.15, 0.2) is 0 Å². The summed E-state index contributed by atoms with van der Waals surface area (Å²) in [5.41, 5.74) is 0.967. The molecule has 1 aromatic heterocycles. The lowest BCUT2D eigenvalue weighted by molar-refractivity contribution is -0.131. The zero-order valence-electron chi connectivity index (χ0n) is 13.2. The SMILES string of the molecule is N#CCCN(Cc1cccnc1)C(=O)CCSc1ccc(Cl)cc1. The number of rotatable bonds is 8. The first-order chi connectivity index (χ1) is 11.7. The van der Waals surface area contributed by atoms with Crippen molar-refractivity contribution < 1.29 is 4.79 Å². The zero-order chi connectivity index (χ0) is 17.2. The summed E-state index contributed by atoms with van der Waals surface area (Å²) in [5, 5.41) is 9.50. The fourth-order valence-corrected chi connectivity index (χ4v) is 3.10. The van der Waals surface area contributed by atoms with Crippen LogP contribution in [-0.4, -0.2) is 28.1 Å². The first kappa shape index (κ1) is 18.3. The summed E-state index contributed by atoms with van der Waals surface area (Å²) >= 11 is 7.48. The number of hydrogen-bond acceptors (Lipinski definition) is 4. The Bertz CT molecular complexity index is 686. The van der Waals surface area contributed by atoms with Gasteiger partial charge in [-0.25, -0.2) is 0 Å². The van der Waals surface area contributed by atoms with Crippen LogP contribution < -0.4 is 0 Å². The number of carbonyl (C=O) groups is 1. The Balaban J connectivity index is 1.87. The van der Waals surface area contributed by atoms with E-state index in [0.717, 1.165) is 10.5 Å². The molecule has 0 bridgehead atoms. The predicted molar refractivity (Wildman–Crippen MR) is 96.7 cm³/mol. The molecule has 0 fully saturated rings. The monoisotopic (exact) mass is 359 g/mol. The summed E-state index contributed by atoms with van der Waals surface area (Å²) in [4.78, 5) is 19.3. The van der Waals surface area contributed by atoms with Gasteiger partial charge < -0.3 is 4.90 Å². The van der Waals surface area contributed by atoms with Crippen LogP contribution in [0.25, 0.3) is 0 Å². The van der Waals surface area contributed by atoms with Crippen molar-refractivity contribution in [3.05, 3.63) is 59.4 Å². The van der Waals surface area contributed by atoms with Gasteiger partial charge in [-0.3, -0.25) is 9.78 Å². The summed E-state index contributed by atoms with van der Waals surface area (Å²) in [6, 6.07) is 13.4. The molecule has 1 amide bonds. The molecule has 1 aromatic carbocycles. The van der Waals surface area contributed by atoms with E-state index in [4.69, 9.17) is 16.9 Å². The van der Waals surface area contributed by atoms with Gasteiger partial charge in [-0.1, -0.05) is 17.7 Å². The molecule has 24 heavy (non-hydrogen) atoms. The Morgan fingerprint density at radius 3 is 2.75 bits per heavy atom. The topological polar surface area (TPSA) is 57.0 Å². The molecule has 0 atom stereocenters. The molecule has 0 radical (unpaired) electrons. The maximum atomic E-state index is 12.5. The number of pyridine rings is 1. The predicted octanol–water partition coefficient (Wildman–Crippen LogP) is 4.16. The van der Waals surface area contributed by atoms with Gasteiger partial charge >= 0.3 is 0 Å². The van der Waals surface area contributed by atoms with Crippen molar-refractivity contribution in [2.75, 3.05) is 12.3 Å². The Labute approximate surface area is 151 Å². The van der Waals surface area contributed by atoms with E-state index in [2.05, 4.69) is 11.1 Å². The van der Waals surface area contributed by atoms with Gasteiger partial charge in [-0.05, 0) is 35.9 Å². The maximum Gasteiger partial charge on any atom is 0.223 e. The van der Waals surface area contributed by atoms with Crippen molar-refractivity contribution in [1.29, 1.82) is 5.26 Å². The van der Waals surface area contributed by atoms with Gasteiger partial charge in [-0.2, -0.15) is 5.26 Å². The lowest BCUT2D eigenvalue weighted by Gasteiger charge is -2.21. The molecule has 0 aliphatic heterocycles. The molecule has 124 valence electrons. The molecule has 2 rings (SSSR count). The fourth-order valence-electron chi connectivity index (χ4n) is 2.13. The van der Waals surface area contributed by atoms with Crippen LogP contribution in [0.1, 0.15) is 18.4 Å². The van der Waals surface area contributed by atoms with E-state index >= 15 is 0 Å². The number of nitriles is 1.